The van der Waals surface area contributed by atoms with E-state index < -0.39 is 5.54 Å². The summed E-state index contributed by atoms with van der Waals surface area (Å²) in [6.45, 7) is 6.89. The van der Waals surface area contributed by atoms with E-state index in [1.165, 1.54) is 12.8 Å². The Kier molecular flexibility index (Phi) is 4.33. The van der Waals surface area contributed by atoms with Crippen molar-refractivity contribution in [3.8, 4) is 0 Å². The van der Waals surface area contributed by atoms with Crippen LogP contribution in [0.3, 0.4) is 0 Å². The van der Waals surface area contributed by atoms with E-state index in [0.717, 1.165) is 19.0 Å². The number of amides is 1. The fourth-order valence-electron chi connectivity index (χ4n) is 2.00. The maximum absolute atomic E-state index is 11.5. The molecule has 0 radical (unpaired) electrons. The van der Waals surface area contributed by atoms with Gasteiger partial charge in [0.1, 0.15) is 0 Å². The number of carbonyl (C=O) groups excluding carboxylic acids is 1. The van der Waals surface area contributed by atoms with Crippen LogP contribution in [0.4, 0.5) is 0 Å². The summed E-state index contributed by atoms with van der Waals surface area (Å²) < 4.78 is 0. The minimum Gasteiger partial charge on any atom is -0.368 e. The Bertz CT molecular complexity index is 251. The monoisotopic (exact) mass is 227 g/mol. The average Bonchev–Trinajstić information content (AvgIpc) is 2.95. The maximum Gasteiger partial charge on any atom is 0.237 e. The van der Waals surface area contributed by atoms with Crippen LogP contribution in [0.5, 0.6) is 0 Å². The van der Waals surface area contributed by atoms with E-state index >= 15 is 0 Å². The maximum atomic E-state index is 11.5. The fourth-order valence-corrected chi connectivity index (χ4v) is 2.00. The largest absolute Gasteiger partial charge is 0.368 e. The van der Waals surface area contributed by atoms with Crippen LogP contribution in [-0.4, -0.2) is 42.0 Å². The van der Waals surface area contributed by atoms with Crippen molar-refractivity contribution in [1.29, 1.82) is 0 Å². The number of hydrogen-bond donors (Lipinski definition) is 2. The molecule has 0 aliphatic heterocycles. The lowest BCUT2D eigenvalue weighted by Crippen LogP contribution is -2.56. The second-order valence-electron chi connectivity index (χ2n) is 5.46. The molecule has 1 aliphatic carbocycles. The molecule has 1 unspecified atom stereocenters. The van der Waals surface area contributed by atoms with Crippen LogP contribution in [0.1, 0.15) is 40.0 Å². The Labute approximate surface area is 98.6 Å². The van der Waals surface area contributed by atoms with Gasteiger partial charge in [-0.05, 0) is 47.1 Å². The molecule has 1 amide bonds. The van der Waals surface area contributed by atoms with E-state index in [4.69, 9.17) is 5.73 Å². The zero-order valence-electron chi connectivity index (χ0n) is 10.9. The van der Waals surface area contributed by atoms with E-state index in [-0.39, 0.29) is 11.9 Å². The third kappa shape index (κ3) is 3.76. The first kappa shape index (κ1) is 13.5. The van der Waals surface area contributed by atoms with Crippen LogP contribution >= 0.6 is 0 Å². The number of nitrogens with zero attached hydrogens (tertiary/aromatic N) is 1. The first-order valence-corrected chi connectivity index (χ1v) is 6.13. The standard InChI is InChI=1S/C12H25N3O/c1-9(2)14-12(3,11(13)16)7-8-15(4)10-5-6-10/h9-10,14H,5-8H2,1-4H3,(H2,13,16). The van der Waals surface area contributed by atoms with Gasteiger partial charge in [0, 0.05) is 18.6 Å². The second-order valence-corrected chi connectivity index (χ2v) is 5.46. The van der Waals surface area contributed by atoms with E-state index in [0.29, 0.717) is 0 Å². The van der Waals surface area contributed by atoms with Gasteiger partial charge in [0.2, 0.25) is 5.91 Å². The average molecular weight is 227 g/mol. The van der Waals surface area contributed by atoms with E-state index in [1.54, 1.807) is 0 Å². The van der Waals surface area contributed by atoms with Gasteiger partial charge in [0.25, 0.3) is 0 Å². The number of nitrogens with one attached hydrogen (secondary N) is 1. The Morgan fingerprint density at radius 2 is 2.12 bits per heavy atom. The first-order valence-electron chi connectivity index (χ1n) is 6.13. The lowest BCUT2D eigenvalue weighted by atomic mass is 9.95. The first-order chi connectivity index (χ1) is 7.35. The molecule has 0 bridgehead atoms. The summed E-state index contributed by atoms with van der Waals surface area (Å²) in [4.78, 5) is 13.8. The molecule has 0 aromatic carbocycles. The van der Waals surface area contributed by atoms with Gasteiger partial charge in [-0.2, -0.15) is 0 Å². The topological polar surface area (TPSA) is 58.4 Å². The molecular weight excluding hydrogens is 202 g/mol. The summed E-state index contributed by atoms with van der Waals surface area (Å²) in [6.07, 6.45) is 3.36. The van der Waals surface area contributed by atoms with Crippen LogP contribution in [0.15, 0.2) is 0 Å². The van der Waals surface area contributed by atoms with Crippen LogP contribution in [-0.2, 0) is 4.79 Å². The summed E-state index contributed by atoms with van der Waals surface area (Å²) >= 11 is 0. The van der Waals surface area contributed by atoms with Gasteiger partial charge >= 0.3 is 0 Å². The van der Waals surface area contributed by atoms with Crippen molar-refractivity contribution in [2.24, 2.45) is 5.73 Å². The van der Waals surface area contributed by atoms with Crippen molar-refractivity contribution in [2.45, 2.75) is 57.7 Å². The molecule has 0 aromatic heterocycles. The van der Waals surface area contributed by atoms with Crippen LogP contribution in [0.2, 0.25) is 0 Å². The smallest absolute Gasteiger partial charge is 0.237 e. The molecule has 0 aromatic rings. The molecule has 0 spiro atoms. The third-order valence-electron chi connectivity index (χ3n) is 3.29. The molecule has 16 heavy (non-hydrogen) atoms. The highest BCUT2D eigenvalue weighted by molar-refractivity contribution is 5.84. The lowest BCUT2D eigenvalue weighted by molar-refractivity contribution is -0.124. The molecule has 0 saturated heterocycles. The Balaban J connectivity index is 2.45. The quantitative estimate of drug-likeness (QED) is 0.673. The molecule has 1 fully saturated rings. The lowest BCUT2D eigenvalue weighted by Gasteiger charge is -2.31. The Morgan fingerprint density at radius 3 is 2.50 bits per heavy atom. The van der Waals surface area contributed by atoms with Gasteiger partial charge in [0.15, 0.2) is 0 Å². The van der Waals surface area contributed by atoms with Gasteiger partial charge in [-0.25, -0.2) is 0 Å². The van der Waals surface area contributed by atoms with Crippen molar-refractivity contribution in [3.63, 3.8) is 0 Å². The molecule has 1 aliphatic rings. The number of hydrogen-bond acceptors (Lipinski definition) is 3. The van der Waals surface area contributed by atoms with Crippen molar-refractivity contribution in [3.05, 3.63) is 0 Å². The van der Waals surface area contributed by atoms with Gasteiger partial charge in [-0.15, -0.1) is 0 Å². The van der Waals surface area contributed by atoms with Crippen molar-refractivity contribution in [1.82, 2.24) is 10.2 Å². The van der Waals surface area contributed by atoms with E-state index in [2.05, 4.69) is 17.3 Å². The highest BCUT2D eigenvalue weighted by Crippen LogP contribution is 2.26. The molecule has 1 saturated carbocycles. The Morgan fingerprint density at radius 1 is 1.56 bits per heavy atom. The van der Waals surface area contributed by atoms with Gasteiger partial charge in [0.05, 0.1) is 5.54 Å². The Hall–Kier alpha value is -0.610. The number of carbonyl (C=O) groups is 1. The molecular formula is C12H25N3O. The van der Waals surface area contributed by atoms with Crippen molar-refractivity contribution >= 4 is 5.91 Å². The van der Waals surface area contributed by atoms with Gasteiger partial charge in [-0.3, -0.25) is 4.79 Å². The van der Waals surface area contributed by atoms with Gasteiger partial charge in [-0.1, -0.05) is 0 Å². The minimum atomic E-state index is -0.586. The zero-order valence-corrected chi connectivity index (χ0v) is 10.9. The highest BCUT2D eigenvalue weighted by Gasteiger charge is 2.33. The summed E-state index contributed by atoms with van der Waals surface area (Å²) in [5.74, 6) is -0.259. The molecule has 1 rings (SSSR count). The normalized spacial score (nSPS) is 20.1. The van der Waals surface area contributed by atoms with Crippen molar-refractivity contribution < 1.29 is 4.79 Å². The van der Waals surface area contributed by atoms with Crippen LogP contribution < -0.4 is 11.1 Å². The predicted octanol–water partition coefficient (Wildman–Crippen LogP) is 0.713. The fraction of sp³-hybridized carbons (Fsp3) is 0.917. The number of nitrogens with two attached hydrogens (primary N) is 1. The second kappa shape index (κ2) is 5.15. The van der Waals surface area contributed by atoms with Crippen LogP contribution in [0, 0.1) is 0 Å². The van der Waals surface area contributed by atoms with E-state index in [1.807, 2.05) is 20.8 Å². The molecule has 4 nitrogen and oxygen atoms in total. The zero-order chi connectivity index (χ0) is 12.3. The predicted molar refractivity (Wildman–Crippen MR) is 66.1 cm³/mol. The third-order valence-corrected chi connectivity index (χ3v) is 3.29. The number of rotatable bonds is 7. The molecule has 94 valence electrons. The summed E-state index contributed by atoms with van der Waals surface area (Å²) in [6, 6.07) is 1.000. The molecule has 1 atom stereocenters. The highest BCUT2D eigenvalue weighted by atomic mass is 16.1. The number of primary amides is 1. The molecule has 0 heterocycles. The molecule has 4 heteroatoms. The SMILES string of the molecule is CC(C)NC(C)(CCN(C)C1CC1)C(N)=O. The van der Waals surface area contributed by atoms with Crippen molar-refractivity contribution in [2.75, 3.05) is 13.6 Å². The van der Waals surface area contributed by atoms with Gasteiger partial charge < -0.3 is 16.0 Å². The summed E-state index contributed by atoms with van der Waals surface area (Å²) in [5, 5.41) is 3.27. The van der Waals surface area contributed by atoms with E-state index in [9.17, 15) is 4.79 Å². The summed E-state index contributed by atoms with van der Waals surface area (Å²) in [7, 11) is 2.12. The molecule has 3 N–H and O–H groups in total. The minimum absolute atomic E-state index is 0.259. The van der Waals surface area contributed by atoms with Crippen LogP contribution in [0.25, 0.3) is 0 Å². The summed E-state index contributed by atoms with van der Waals surface area (Å²) in [5.41, 5.74) is 4.89.